The summed E-state index contributed by atoms with van der Waals surface area (Å²) in [7, 11) is 1.93. The number of hydrogen-bond donors (Lipinski definition) is 0. The van der Waals surface area contributed by atoms with Gasteiger partial charge in [0, 0.05) is 25.9 Å². The second-order valence-electron chi connectivity index (χ2n) is 8.51. The van der Waals surface area contributed by atoms with Crippen molar-refractivity contribution in [3.05, 3.63) is 33.8 Å². The fourth-order valence-electron chi connectivity index (χ4n) is 5.08. The van der Waals surface area contributed by atoms with E-state index in [2.05, 4.69) is 4.90 Å². The van der Waals surface area contributed by atoms with Crippen LogP contribution in [0.5, 0.6) is 0 Å². The van der Waals surface area contributed by atoms with Crippen molar-refractivity contribution in [3.63, 3.8) is 0 Å². The number of benzene rings is 1. The van der Waals surface area contributed by atoms with Crippen LogP contribution in [0.3, 0.4) is 0 Å². The van der Waals surface area contributed by atoms with Crippen molar-refractivity contribution in [3.8, 4) is 0 Å². The molecule has 1 aliphatic carbocycles. The number of piperidine rings is 1. The third-order valence-corrected chi connectivity index (χ3v) is 7.43. The number of carbonyl (C=O) groups excluding carboxylic acids is 1. The van der Waals surface area contributed by atoms with Gasteiger partial charge in [0.2, 0.25) is 5.91 Å². The smallest absolute Gasteiger partial charge is 0.227 e. The molecule has 7 heteroatoms. The minimum atomic E-state index is -0.519. The van der Waals surface area contributed by atoms with E-state index >= 15 is 0 Å². The topological polar surface area (TPSA) is 42.0 Å². The zero-order chi connectivity index (χ0) is 20.4. The first kappa shape index (κ1) is 21.4. The molecule has 160 valence electrons. The van der Waals surface area contributed by atoms with Gasteiger partial charge in [-0.3, -0.25) is 9.69 Å². The minimum Gasteiger partial charge on any atom is -0.347 e. The maximum absolute atomic E-state index is 13.2. The molecule has 2 heterocycles. The van der Waals surface area contributed by atoms with Crippen LogP contribution in [-0.4, -0.2) is 66.9 Å². The Morgan fingerprint density at radius 1 is 1.17 bits per heavy atom. The summed E-state index contributed by atoms with van der Waals surface area (Å²) in [5, 5.41) is 0.987. The van der Waals surface area contributed by atoms with Gasteiger partial charge in [0.15, 0.2) is 5.79 Å². The molecule has 5 nitrogen and oxygen atoms in total. The van der Waals surface area contributed by atoms with Gasteiger partial charge in [0.1, 0.15) is 0 Å². The number of nitrogens with zero attached hydrogens (tertiary/aromatic N) is 2. The van der Waals surface area contributed by atoms with Gasteiger partial charge in [-0.1, -0.05) is 35.7 Å². The first-order chi connectivity index (χ1) is 14.0. The molecule has 3 fully saturated rings. The predicted molar refractivity (Wildman–Crippen MR) is 114 cm³/mol. The number of likely N-dealkylation sites (tertiary alicyclic amines) is 1. The van der Waals surface area contributed by atoms with Gasteiger partial charge in [-0.2, -0.15) is 0 Å². The van der Waals surface area contributed by atoms with E-state index in [9.17, 15) is 4.79 Å². The maximum Gasteiger partial charge on any atom is 0.227 e. The van der Waals surface area contributed by atoms with E-state index in [0.29, 0.717) is 35.7 Å². The zero-order valence-electron chi connectivity index (χ0n) is 17.0. The molecule has 0 aromatic heterocycles. The maximum atomic E-state index is 13.2. The lowest BCUT2D eigenvalue weighted by molar-refractivity contribution is -0.199. The third kappa shape index (κ3) is 4.75. The Kier molecular flexibility index (Phi) is 6.72. The lowest BCUT2D eigenvalue weighted by atomic mass is 9.83. The summed E-state index contributed by atoms with van der Waals surface area (Å²) in [6, 6.07) is 5.84. The fourth-order valence-corrected chi connectivity index (χ4v) is 5.40. The predicted octanol–water partition coefficient (Wildman–Crippen LogP) is 4.14. The molecule has 0 N–H and O–H groups in total. The van der Waals surface area contributed by atoms with Gasteiger partial charge in [0.25, 0.3) is 0 Å². The van der Waals surface area contributed by atoms with E-state index in [-0.39, 0.29) is 11.9 Å². The van der Waals surface area contributed by atoms with E-state index in [0.717, 1.165) is 37.9 Å². The van der Waals surface area contributed by atoms with Crippen molar-refractivity contribution >= 4 is 29.1 Å². The van der Waals surface area contributed by atoms with Crippen molar-refractivity contribution in [1.82, 2.24) is 9.80 Å². The van der Waals surface area contributed by atoms with Crippen LogP contribution < -0.4 is 0 Å². The first-order valence-electron chi connectivity index (χ1n) is 10.7. The van der Waals surface area contributed by atoms with Crippen LogP contribution in [0.2, 0.25) is 10.0 Å². The van der Waals surface area contributed by atoms with Crippen LogP contribution >= 0.6 is 23.2 Å². The number of hydrogen-bond acceptors (Lipinski definition) is 4. The second kappa shape index (κ2) is 9.11. The quantitative estimate of drug-likeness (QED) is 0.704. The number of carbonyl (C=O) groups is 1. The highest BCUT2D eigenvalue weighted by atomic mass is 35.5. The van der Waals surface area contributed by atoms with Crippen molar-refractivity contribution in [2.75, 3.05) is 33.4 Å². The molecule has 3 aliphatic rings. The summed E-state index contributed by atoms with van der Waals surface area (Å²) in [6.07, 6.45) is 6.72. The average Bonchev–Trinajstić information content (AvgIpc) is 3.18. The minimum absolute atomic E-state index is 0.0789. The van der Waals surface area contributed by atoms with Gasteiger partial charge >= 0.3 is 0 Å². The number of ether oxygens (including phenoxy) is 2. The van der Waals surface area contributed by atoms with Crippen molar-refractivity contribution in [2.24, 2.45) is 0 Å². The van der Waals surface area contributed by atoms with E-state index in [1.165, 1.54) is 19.3 Å². The Morgan fingerprint density at radius 3 is 2.59 bits per heavy atom. The van der Waals surface area contributed by atoms with E-state index < -0.39 is 5.79 Å². The Hall–Kier alpha value is -0.850. The van der Waals surface area contributed by atoms with Crippen LogP contribution in [-0.2, 0) is 20.7 Å². The highest BCUT2D eigenvalue weighted by Crippen LogP contribution is 2.40. The summed E-state index contributed by atoms with van der Waals surface area (Å²) in [6.45, 7) is 3.51. The Bertz CT molecular complexity index is 733. The summed E-state index contributed by atoms with van der Waals surface area (Å²) in [5.41, 5.74) is 0.879. The molecule has 29 heavy (non-hydrogen) atoms. The van der Waals surface area contributed by atoms with E-state index in [1.54, 1.807) is 12.1 Å². The number of rotatable bonds is 4. The molecular weight excluding hydrogens is 411 g/mol. The molecule has 1 aromatic carbocycles. The molecule has 1 spiro atoms. The molecule has 1 amide bonds. The van der Waals surface area contributed by atoms with Crippen LogP contribution in [0.15, 0.2) is 18.2 Å². The molecule has 2 saturated heterocycles. The highest BCUT2D eigenvalue weighted by molar-refractivity contribution is 6.42. The van der Waals surface area contributed by atoms with Crippen LogP contribution in [0.25, 0.3) is 0 Å². The SMILES string of the molecule is CN(C(=O)Cc1ccc(Cl)c(Cl)c1)C1CC2(CCC1N1CCCCC1)OCCO2. The van der Waals surface area contributed by atoms with Gasteiger partial charge in [-0.05, 0) is 50.0 Å². The third-order valence-electron chi connectivity index (χ3n) is 6.69. The van der Waals surface area contributed by atoms with Gasteiger partial charge in [0.05, 0.1) is 35.7 Å². The Labute approximate surface area is 183 Å². The van der Waals surface area contributed by atoms with Crippen molar-refractivity contribution in [1.29, 1.82) is 0 Å². The summed E-state index contributed by atoms with van der Waals surface area (Å²) >= 11 is 12.2. The monoisotopic (exact) mass is 440 g/mol. The highest BCUT2D eigenvalue weighted by Gasteiger charge is 2.48. The molecule has 0 radical (unpaired) electrons. The number of amides is 1. The molecule has 1 aromatic rings. The van der Waals surface area contributed by atoms with Gasteiger partial charge in [-0.25, -0.2) is 0 Å². The zero-order valence-corrected chi connectivity index (χ0v) is 18.6. The van der Waals surface area contributed by atoms with Gasteiger partial charge in [-0.15, -0.1) is 0 Å². The average molecular weight is 441 g/mol. The van der Waals surface area contributed by atoms with E-state index in [1.807, 2.05) is 18.0 Å². The Morgan fingerprint density at radius 2 is 1.90 bits per heavy atom. The largest absolute Gasteiger partial charge is 0.347 e. The van der Waals surface area contributed by atoms with Crippen LogP contribution in [0.4, 0.5) is 0 Å². The number of likely N-dealkylation sites (N-methyl/N-ethyl adjacent to an activating group) is 1. The summed E-state index contributed by atoms with van der Waals surface area (Å²) in [5.74, 6) is -0.430. The van der Waals surface area contributed by atoms with Crippen LogP contribution in [0.1, 0.15) is 44.1 Å². The molecule has 0 bridgehead atoms. The molecule has 4 rings (SSSR count). The van der Waals surface area contributed by atoms with Crippen molar-refractivity contribution < 1.29 is 14.3 Å². The summed E-state index contributed by atoms with van der Waals surface area (Å²) in [4.78, 5) is 17.7. The molecular formula is C22H30Cl2N2O3. The lowest BCUT2D eigenvalue weighted by Gasteiger charge is -2.49. The van der Waals surface area contributed by atoms with Gasteiger partial charge < -0.3 is 14.4 Å². The standard InChI is InChI=1S/C22H30Cl2N2O3/c1-25(21(27)14-16-5-6-17(23)18(24)13-16)20-15-22(28-11-12-29-22)8-7-19(20)26-9-3-2-4-10-26/h5-6,13,19-20H,2-4,7-12,14-15H2,1H3. The van der Waals surface area contributed by atoms with Crippen LogP contribution in [0, 0.1) is 0 Å². The molecule has 2 unspecified atom stereocenters. The second-order valence-corrected chi connectivity index (χ2v) is 9.33. The van der Waals surface area contributed by atoms with E-state index in [4.69, 9.17) is 32.7 Å². The van der Waals surface area contributed by atoms with Crippen molar-refractivity contribution in [2.45, 2.75) is 62.8 Å². The normalized spacial score (nSPS) is 27.3. The fraction of sp³-hybridized carbons (Fsp3) is 0.682. The summed E-state index contributed by atoms with van der Waals surface area (Å²) < 4.78 is 12.0. The number of halogens is 2. The molecule has 2 aliphatic heterocycles. The molecule has 2 atom stereocenters. The Balaban J connectivity index is 1.51. The molecule has 1 saturated carbocycles. The lowest BCUT2D eigenvalue weighted by Crippen LogP contribution is -2.60. The first-order valence-corrected chi connectivity index (χ1v) is 11.4.